The summed E-state index contributed by atoms with van der Waals surface area (Å²) in [6, 6.07) is 12.2. The molecule has 0 saturated carbocycles. The Hall–Kier alpha value is -2.56. The summed E-state index contributed by atoms with van der Waals surface area (Å²) in [6.45, 7) is 20.5. The number of imidazole rings is 1. The van der Waals surface area contributed by atoms with Crippen LogP contribution in [0.5, 0.6) is 0 Å². The molecule has 6 heteroatoms. The maximum atomic E-state index is 10.0. The van der Waals surface area contributed by atoms with Gasteiger partial charge in [0.15, 0.2) is 5.78 Å². The normalized spacial score (nSPS) is 12.5. The summed E-state index contributed by atoms with van der Waals surface area (Å²) in [5.74, 6) is -0.0625. The number of ketones is 1. The molecule has 1 N–H and O–H groups in total. The molecule has 0 amide bonds. The summed E-state index contributed by atoms with van der Waals surface area (Å²) < 4.78 is 2.30. The summed E-state index contributed by atoms with van der Waals surface area (Å²) in [4.78, 5) is 20.0. The molecule has 0 unspecified atom stereocenters. The van der Waals surface area contributed by atoms with Crippen LogP contribution in [0.4, 0.5) is 0 Å². The maximum absolute atomic E-state index is 10.0. The quantitative estimate of drug-likeness (QED) is 0.136. The number of hydrogen-bond donors (Lipinski definition) is 1. The van der Waals surface area contributed by atoms with Gasteiger partial charge in [-0.15, -0.1) is 12.1 Å². The number of carbonyl (C=O) groups excluding carboxylic acids is 1. The van der Waals surface area contributed by atoms with E-state index in [2.05, 4.69) is 84.1 Å². The molecule has 35 heavy (non-hydrogen) atoms. The van der Waals surface area contributed by atoms with Crippen molar-refractivity contribution >= 4 is 33.4 Å². The van der Waals surface area contributed by atoms with Crippen LogP contribution >= 0.6 is 0 Å². The summed E-state index contributed by atoms with van der Waals surface area (Å²) in [6.07, 6.45) is 1.17. The van der Waals surface area contributed by atoms with Gasteiger partial charge in [-0.3, -0.25) is 9.78 Å². The average molecular weight is 651 g/mol. The Kier molecular flexibility index (Phi) is 8.36. The van der Waals surface area contributed by atoms with Crippen molar-refractivity contribution < 1.29 is 30.0 Å². The number of fused-ring (bicyclic) bond motifs is 5. The maximum Gasteiger partial charge on any atom is 0.155 e. The number of aryl methyl sites for hydroxylation is 2. The molecule has 0 atom stereocenters. The molecule has 0 fully saturated rings. The summed E-state index contributed by atoms with van der Waals surface area (Å²) >= 11 is 0. The molecular formula is C29H36IrN3O2-. The molecule has 0 aliphatic heterocycles. The van der Waals surface area contributed by atoms with Crippen LogP contribution in [0.25, 0.3) is 27.6 Å². The van der Waals surface area contributed by atoms with Gasteiger partial charge in [0.05, 0.1) is 22.4 Å². The first-order valence-electron chi connectivity index (χ1n) is 11.6. The standard InChI is InChI=1S/C24H28N3.C5H8O2.Ir/c1-14-11-18-19(12-15(14)2)27-21(24(6,7)8)13-17-16(22(27)26-18)9-10-20(25-17)23(3,4)5;1-4(6)3-5(2)7;/h10-13H,1-8H3;3,6H,1-2H3;/q-1;;. The van der Waals surface area contributed by atoms with Crippen LogP contribution in [0, 0.1) is 19.9 Å². The predicted molar refractivity (Wildman–Crippen MR) is 141 cm³/mol. The topological polar surface area (TPSA) is 67.5 Å². The fourth-order valence-corrected chi connectivity index (χ4v) is 3.88. The summed E-state index contributed by atoms with van der Waals surface area (Å²) in [5.41, 5.74) is 8.92. The number of aromatic nitrogens is 3. The van der Waals surface area contributed by atoms with Crippen molar-refractivity contribution in [2.24, 2.45) is 0 Å². The number of allylic oxidation sites excluding steroid dienone is 2. The van der Waals surface area contributed by atoms with E-state index in [-0.39, 0.29) is 42.5 Å². The third-order valence-electron chi connectivity index (χ3n) is 5.81. The van der Waals surface area contributed by atoms with Gasteiger partial charge in [0.25, 0.3) is 0 Å². The second-order valence-corrected chi connectivity index (χ2v) is 11.2. The molecule has 1 aromatic carbocycles. The molecule has 4 aromatic rings. The fraction of sp³-hybridized carbons (Fsp3) is 0.414. The minimum absolute atomic E-state index is 0. The van der Waals surface area contributed by atoms with E-state index in [1.165, 1.54) is 36.7 Å². The number of rotatable bonds is 1. The molecule has 0 aliphatic rings. The van der Waals surface area contributed by atoms with E-state index in [1.54, 1.807) is 0 Å². The van der Waals surface area contributed by atoms with Crippen molar-refractivity contribution in [2.45, 2.75) is 80.1 Å². The van der Waals surface area contributed by atoms with Gasteiger partial charge in [-0.25, -0.2) is 0 Å². The van der Waals surface area contributed by atoms with E-state index < -0.39 is 0 Å². The van der Waals surface area contributed by atoms with Gasteiger partial charge in [-0.1, -0.05) is 53.0 Å². The fourth-order valence-electron chi connectivity index (χ4n) is 3.88. The van der Waals surface area contributed by atoms with E-state index in [0.29, 0.717) is 0 Å². The van der Waals surface area contributed by atoms with Crippen molar-refractivity contribution in [3.05, 3.63) is 64.7 Å². The number of aliphatic hydroxyl groups is 1. The number of nitrogens with zero attached hydrogens (tertiary/aromatic N) is 3. The second kappa shape index (κ2) is 10.2. The number of benzene rings is 1. The van der Waals surface area contributed by atoms with Gasteiger partial charge in [0, 0.05) is 37.3 Å². The van der Waals surface area contributed by atoms with E-state index in [1.807, 2.05) is 6.07 Å². The third-order valence-corrected chi connectivity index (χ3v) is 5.81. The van der Waals surface area contributed by atoms with E-state index in [9.17, 15) is 4.79 Å². The second-order valence-electron chi connectivity index (χ2n) is 11.2. The van der Waals surface area contributed by atoms with Gasteiger partial charge in [-0.2, -0.15) is 0 Å². The molecule has 3 heterocycles. The molecule has 0 saturated heterocycles. The molecule has 0 spiro atoms. The largest absolute Gasteiger partial charge is 0.512 e. The van der Waals surface area contributed by atoms with Crippen molar-refractivity contribution in [3.8, 4) is 0 Å². The van der Waals surface area contributed by atoms with Crippen molar-refractivity contribution in [1.29, 1.82) is 0 Å². The third kappa shape index (κ3) is 6.17. The Morgan fingerprint density at radius 1 is 0.943 bits per heavy atom. The monoisotopic (exact) mass is 651 g/mol. The molecule has 0 bridgehead atoms. The molecule has 0 aliphatic carbocycles. The van der Waals surface area contributed by atoms with E-state index >= 15 is 0 Å². The minimum atomic E-state index is -0.125. The first-order valence-corrected chi connectivity index (χ1v) is 11.6. The van der Waals surface area contributed by atoms with Crippen LogP contribution in [-0.2, 0) is 35.7 Å². The first kappa shape index (κ1) is 28.7. The van der Waals surface area contributed by atoms with Crippen molar-refractivity contribution in [3.63, 3.8) is 0 Å². The van der Waals surface area contributed by atoms with Gasteiger partial charge in [-0.05, 0) is 67.6 Å². The smallest absolute Gasteiger partial charge is 0.155 e. The van der Waals surface area contributed by atoms with Crippen molar-refractivity contribution in [1.82, 2.24) is 14.4 Å². The number of aliphatic hydroxyl groups excluding tert-OH is 1. The first-order chi connectivity index (χ1) is 15.6. The Bertz CT molecular complexity index is 1430. The average Bonchev–Trinajstić information content (AvgIpc) is 3.03. The zero-order chi connectivity index (χ0) is 25.6. The zero-order valence-electron chi connectivity index (χ0n) is 22.4. The number of hydrogen-bond acceptors (Lipinski definition) is 4. The van der Waals surface area contributed by atoms with Gasteiger partial charge in [0.2, 0.25) is 0 Å². The zero-order valence-corrected chi connectivity index (χ0v) is 24.8. The Balaban J connectivity index is 0.000000476. The summed E-state index contributed by atoms with van der Waals surface area (Å²) in [5, 5.41) is 9.35. The van der Waals surface area contributed by atoms with Crippen LogP contribution in [-0.4, -0.2) is 25.3 Å². The van der Waals surface area contributed by atoms with Gasteiger partial charge < -0.3 is 14.5 Å². The molecule has 1 radical (unpaired) electrons. The summed E-state index contributed by atoms with van der Waals surface area (Å²) in [7, 11) is 0. The van der Waals surface area contributed by atoms with Crippen LogP contribution in [0.15, 0.2) is 36.1 Å². The van der Waals surface area contributed by atoms with Crippen LogP contribution in [0.1, 0.15) is 77.9 Å². The van der Waals surface area contributed by atoms with Crippen LogP contribution in [0.2, 0.25) is 0 Å². The number of carbonyl (C=O) groups is 1. The van der Waals surface area contributed by atoms with E-state index in [4.69, 9.17) is 15.1 Å². The molecule has 5 nitrogen and oxygen atoms in total. The minimum Gasteiger partial charge on any atom is -0.512 e. The predicted octanol–water partition coefficient (Wildman–Crippen LogP) is 7.08. The molecular weight excluding hydrogens is 615 g/mol. The van der Waals surface area contributed by atoms with Crippen molar-refractivity contribution in [2.75, 3.05) is 0 Å². The van der Waals surface area contributed by atoms with Gasteiger partial charge >= 0.3 is 0 Å². The van der Waals surface area contributed by atoms with Gasteiger partial charge in [0.1, 0.15) is 0 Å². The van der Waals surface area contributed by atoms with Crippen LogP contribution < -0.4 is 0 Å². The van der Waals surface area contributed by atoms with E-state index in [0.717, 1.165) is 33.3 Å². The molecule has 4 rings (SSSR count). The Labute approximate surface area is 222 Å². The number of pyridine rings is 2. The Morgan fingerprint density at radius 3 is 2.03 bits per heavy atom. The SMILES string of the molecule is CC(=O)C=C(C)O.Cc1cc2nc3c4[c-]cc(C(C)(C)C)nc4cc(C(C)(C)C)n3c2cc1C.[Ir]. The Morgan fingerprint density at radius 2 is 1.54 bits per heavy atom. The van der Waals surface area contributed by atoms with Crippen LogP contribution in [0.3, 0.4) is 0 Å². The molecule has 3 aromatic heterocycles. The molecule has 189 valence electrons.